The van der Waals surface area contributed by atoms with Crippen LogP contribution in [0.5, 0.6) is 0 Å². The predicted octanol–water partition coefficient (Wildman–Crippen LogP) is 4.42. The normalized spacial score (nSPS) is 10.5. The summed E-state index contributed by atoms with van der Waals surface area (Å²) in [6.07, 6.45) is 1.69. The number of nitrogens with zero attached hydrogens (tertiary/aromatic N) is 1. The maximum atomic E-state index is 12.7. The number of carbonyl (C=O) groups excluding carboxylic acids is 2. The van der Waals surface area contributed by atoms with Crippen LogP contribution >= 0.6 is 0 Å². The standard InChI is InChI=1S/C22H28N2O2/c1-6-18-9-8-10-19(7-2)22(18)23-21(26)14-24(17(5)25)20-12-11-15(3)16(4)13-20/h8-13H,6-7,14H2,1-5H3,(H,23,26). The molecule has 4 nitrogen and oxygen atoms in total. The Kier molecular flexibility index (Phi) is 6.56. The van der Waals surface area contributed by atoms with Gasteiger partial charge in [-0.05, 0) is 61.1 Å². The van der Waals surface area contributed by atoms with Gasteiger partial charge in [0.15, 0.2) is 0 Å². The molecule has 0 spiro atoms. The number of para-hydroxylation sites is 1. The van der Waals surface area contributed by atoms with E-state index in [1.807, 2.05) is 50.2 Å². The lowest BCUT2D eigenvalue weighted by molar-refractivity contribution is -0.120. The van der Waals surface area contributed by atoms with Gasteiger partial charge in [0.25, 0.3) is 0 Å². The highest BCUT2D eigenvalue weighted by Gasteiger charge is 2.18. The van der Waals surface area contributed by atoms with Crippen LogP contribution in [-0.2, 0) is 22.4 Å². The third kappa shape index (κ3) is 4.51. The molecule has 4 heteroatoms. The summed E-state index contributed by atoms with van der Waals surface area (Å²) in [5.74, 6) is -0.336. The first-order chi connectivity index (χ1) is 12.4. The number of aryl methyl sites for hydroxylation is 4. The third-order valence-corrected chi connectivity index (χ3v) is 4.75. The molecule has 2 aromatic rings. The lowest BCUT2D eigenvalue weighted by Crippen LogP contribution is -2.37. The lowest BCUT2D eigenvalue weighted by atomic mass is 10.0. The average Bonchev–Trinajstić information content (AvgIpc) is 2.62. The lowest BCUT2D eigenvalue weighted by Gasteiger charge is -2.22. The fourth-order valence-corrected chi connectivity index (χ4v) is 3.00. The number of nitrogens with one attached hydrogen (secondary N) is 1. The number of hydrogen-bond acceptors (Lipinski definition) is 2. The minimum Gasteiger partial charge on any atom is -0.324 e. The van der Waals surface area contributed by atoms with Gasteiger partial charge in [0.2, 0.25) is 11.8 Å². The number of rotatable bonds is 6. The topological polar surface area (TPSA) is 49.4 Å². The van der Waals surface area contributed by atoms with Crippen molar-refractivity contribution < 1.29 is 9.59 Å². The first-order valence-electron chi connectivity index (χ1n) is 9.13. The average molecular weight is 352 g/mol. The van der Waals surface area contributed by atoms with Crippen LogP contribution < -0.4 is 10.2 Å². The molecule has 2 rings (SSSR count). The van der Waals surface area contributed by atoms with Crippen LogP contribution in [-0.4, -0.2) is 18.4 Å². The summed E-state index contributed by atoms with van der Waals surface area (Å²) in [6.45, 7) is 9.65. The molecule has 2 amide bonds. The molecule has 0 aliphatic heterocycles. The highest BCUT2D eigenvalue weighted by Crippen LogP contribution is 2.23. The summed E-state index contributed by atoms with van der Waals surface area (Å²) >= 11 is 0. The van der Waals surface area contributed by atoms with Crippen LogP contribution in [0.4, 0.5) is 11.4 Å². The van der Waals surface area contributed by atoms with Crippen molar-refractivity contribution >= 4 is 23.2 Å². The van der Waals surface area contributed by atoms with Gasteiger partial charge in [-0.2, -0.15) is 0 Å². The van der Waals surface area contributed by atoms with Crippen molar-refractivity contribution in [3.63, 3.8) is 0 Å². The maximum Gasteiger partial charge on any atom is 0.244 e. The maximum absolute atomic E-state index is 12.7. The van der Waals surface area contributed by atoms with Gasteiger partial charge >= 0.3 is 0 Å². The van der Waals surface area contributed by atoms with Crippen LogP contribution in [0, 0.1) is 13.8 Å². The van der Waals surface area contributed by atoms with E-state index in [-0.39, 0.29) is 18.4 Å². The van der Waals surface area contributed by atoms with Gasteiger partial charge in [-0.3, -0.25) is 9.59 Å². The molecule has 0 aliphatic rings. The molecule has 2 aromatic carbocycles. The molecule has 0 heterocycles. The molecular weight excluding hydrogens is 324 g/mol. The Morgan fingerprint density at radius 2 is 1.58 bits per heavy atom. The fourth-order valence-electron chi connectivity index (χ4n) is 3.00. The fraction of sp³-hybridized carbons (Fsp3) is 0.364. The van der Waals surface area contributed by atoms with Gasteiger partial charge in [-0.25, -0.2) is 0 Å². The molecule has 0 fully saturated rings. The molecule has 0 radical (unpaired) electrons. The quantitative estimate of drug-likeness (QED) is 0.836. The third-order valence-electron chi connectivity index (χ3n) is 4.75. The Hall–Kier alpha value is -2.62. The van der Waals surface area contributed by atoms with Crippen LogP contribution in [0.3, 0.4) is 0 Å². The van der Waals surface area contributed by atoms with E-state index in [4.69, 9.17) is 0 Å². The highest BCUT2D eigenvalue weighted by atomic mass is 16.2. The number of carbonyl (C=O) groups is 2. The van der Waals surface area contributed by atoms with E-state index in [0.717, 1.165) is 46.5 Å². The second kappa shape index (κ2) is 8.65. The summed E-state index contributed by atoms with van der Waals surface area (Å²) in [4.78, 5) is 26.3. The van der Waals surface area contributed by atoms with Crippen LogP contribution in [0.25, 0.3) is 0 Å². The van der Waals surface area contributed by atoms with Gasteiger partial charge < -0.3 is 10.2 Å². The summed E-state index contributed by atoms with van der Waals surface area (Å²) in [6, 6.07) is 11.9. The monoisotopic (exact) mass is 352 g/mol. The molecule has 0 bridgehead atoms. The van der Waals surface area contributed by atoms with E-state index in [9.17, 15) is 9.59 Å². The van der Waals surface area contributed by atoms with E-state index in [0.29, 0.717) is 0 Å². The number of anilines is 2. The minimum absolute atomic E-state index is 0.000955. The largest absolute Gasteiger partial charge is 0.324 e. The first-order valence-corrected chi connectivity index (χ1v) is 9.13. The Balaban J connectivity index is 2.24. The number of benzene rings is 2. The first kappa shape index (κ1) is 19.7. The zero-order chi connectivity index (χ0) is 19.3. The van der Waals surface area contributed by atoms with Gasteiger partial charge in [0.1, 0.15) is 6.54 Å². The molecule has 0 saturated carbocycles. The molecule has 0 saturated heterocycles. The van der Waals surface area contributed by atoms with Crippen molar-refractivity contribution in [2.45, 2.75) is 47.5 Å². The second-order valence-electron chi connectivity index (χ2n) is 6.58. The van der Waals surface area contributed by atoms with E-state index in [1.54, 1.807) is 0 Å². The Morgan fingerprint density at radius 3 is 2.08 bits per heavy atom. The number of amides is 2. The molecule has 0 aromatic heterocycles. The molecule has 0 atom stereocenters. The SMILES string of the molecule is CCc1cccc(CC)c1NC(=O)CN(C(C)=O)c1ccc(C)c(C)c1. The van der Waals surface area contributed by atoms with E-state index >= 15 is 0 Å². The molecule has 0 aliphatic carbocycles. The second-order valence-corrected chi connectivity index (χ2v) is 6.58. The van der Waals surface area contributed by atoms with E-state index < -0.39 is 0 Å². The van der Waals surface area contributed by atoms with Gasteiger partial charge in [-0.1, -0.05) is 38.1 Å². The smallest absolute Gasteiger partial charge is 0.244 e. The Morgan fingerprint density at radius 1 is 0.962 bits per heavy atom. The van der Waals surface area contributed by atoms with Gasteiger partial charge in [-0.15, -0.1) is 0 Å². The molecular formula is C22H28N2O2. The van der Waals surface area contributed by atoms with Crippen molar-refractivity contribution in [1.29, 1.82) is 0 Å². The van der Waals surface area contributed by atoms with Gasteiger partial charge in [0.05, 0.1) is 0 Å². The van der Waals surface area contributed by atoms with Crippen molar-refractivity contribution in [1.82, 2.24) is 0 Å². The van der Waals surface area contributed by atoms with Crippen molar-refractivity contribution in [2.75, 3.05) is 16.8 Å². The number of hydrogen-bond donors (Lipinski definition) is 1. The highest BCUT2D eigenvalue weighted by molar-refractivity contribution is 6.02. The van der Waals surface area contributed by atoms with Crippen LogP contribution in [0.15, 0.2) is 36.4 Å². The Labute approximate surface area is 156 Å². The molecule has 138 valence electrons. The molecule has 0 unspecified atom stereocenters. The zero-order valence-electron chi connectivity index (χ0n) is 16.3. The van der Waals surface area contributed by atoms with Gasteiger partial charge in [0, 0.05) is 18.3 Å². The minimum atomic E-state index is -0.186. The molecule has 1 N–H and O–H groups in total. The van der Waals surface area contributed by atoms with E-state index in [1.165, 1.54) is 11.8 Å². The predicted molar refractivity (Wildman–Crippen MR) is 108 cm³/mol. The van der Waals surface area contributed by atoms with E-state index in [2.05, 4.69) is 19.2 Å². The Bertz CT molecular complexity index is 790. The summed E-state index contributed by atoms with van der Waals surface area (Å²) < 4.78 is 0. The van der Waals surface area contributed by atoms with Crippen molar-refractivity contribution in [2.24, 2.45) is 0 Å². The summed E-state index contributed by atoms with van der Waals surface area (Å²) in [5, 5.41) is 3.03. The zero-order valence-corrected chi connectivity index (χ0v) is 16.3. The molecule has 26 heavy (non-hydrogen) atoms. The van der Waals surface area contributed by atoms with Crippen LogP contribution in [0.2, 0.25) is 0 Å². The van der Waals surface area contributed by atoms with Crippen LogP contribution in [0.1, 0.15) is 43.0 Å². The summed E-state index contributed by atoms with van der Waals surface area (Å²) in [7, 11) is 0. The van der Waals surface area contributed by atoms with Crippen molar-refractivity contribution in [3.8, 4) is 0 Å². The van der Waals surface area contributed by atoms with Crippen molar-refractivity contribution in [3.05, 3.63) is 58.7 Å². The summed E-state index contributed by atoms with van der Waals surface area (Å²) in [5.41, 5.74) is 6.10.